The van der Waals surface area contributed by atoms with Gasteiger partial charge < -0.3 is 10.1 Å². The molecule has 0 saturated carbocycles. The second-order valence-electron chi connectivity index (χ2n) is 3.95. The number of hydrogen-bond donors (Lipinski definition) is 1. The highest BCUT2D eigenvalue weighted by Gasteiger charge is 2.06. The molecule has 1 aromatic rings. The van der Waals surface area contributed by atoms with Crippen molar-refractivity contribution in [2.24, 2.45) is 0 Å². The molecular weight excluding hydrogens is 346 g/mol. The lowest BCUT2D eigenvalue weighted by atomic mass is 10.2. The van der Waals surface area contributed by atoms with Crippen molar-refractivity contribution in [1.82, 2.24) is 0 Å². The van der Waals surface area contributed by atoms with Crippen molar-refractivity contribution in [3.05, 3.63) is 21.1 Å². The summed E-state index contributed by atoms with van der Waals surface area (Å²) in [4.78, 5) is 0. The molecule has 0 fully saturated rings. The number of nitrogens with one attached hydrogen (secondary N) is 1. The molecule has 0 radical (unpaired) electrons. The number of rotatable bonds is 7. The predicted molar refractivity (Wildman–Crippen MR) is 81.0 cm³/mol. The molecule has 17 heavy (non-hydrogen) atoms. The van der Waals surface area contributed by atoms with E-state index in [1.54, 1.807) is 7.11 Å². The second-order valence-corrected chi connectivity index (χ2v) is 5.66. The summed E-state index contributed by atoms with van der Waals surface area (Å²) in [6.07, 6.45) is 5.08. The Kier molecular flexibility index (Phi) is 6.97. The summed E-state index contributed by atoms with van der Waals surface area (Å²) in [6.45, 7) is 3.23. The molecule has 0 atom stereocenters. The summed E-state index contributed by atoms with van der Waals surface area (Å²) >= 11 is 7.01. The van der Waals surface area contributed by atoms with Crippen molar-refractivity contribution in [3.8, 4) is 5.75 Å². The maximum atomic E-state index is 5.28. The molecule has 4 heteroatoms. The van der Waals surface area contributed by atoms with E-state index < -0.39 is 0 Å². The first-order valence-electron chi connectivity index (χ1n) is 5.96. The van der Waals surface area contributed by atoms with Gasteiger partial charge in [0.1, 0.15) is 5.75 Å². The first-order chi connectivity index (χ1) is 8.19. The number of unbranched alkanes of at least 4 members (excludes halogenated alkanes) is 3. The second kappa shape index (κ2) is 7.98. The van der Waals surface area contributed by atoms with E-state index in [2.05, 4.69) is 44.1 Å². The Hall–Kier alpha value is -0.220. The zero-order valence-electron chi connectivity index (χ0n) is 10.4. The molecule has 0 unspecified atom stereocenters. The Balaban J connectivity index is 2.52. The molecule has 1 rings (SSSR count). The van der Waals surface area contributed by atoms with Crippen LogP contribution in [-0.4, -0.2) is 13.7 Å². The van der Waals surface area contributed by atoms with Crippen LogP contribution < -0.4 is 10.1 Å². The van der Waals surface area contributed by atoms with Crippen LogP contribution in [0, 0.1) is 0 Å². The normalized spacial score (nSPS) is 10.4. The zero-order valence-corrected chi connectivity index (χ0v) is 13.5. The Labute approximate surface area is 120 Å². The smallest absolute Gasteiger partial charge is 0.135 e. The predicted octanol–water partition coefficient (Wildman–Crippen LogP) is 5.21. The molecule has 0 aromatic heterocycles. The SMILES string of the molecule is CCCCCCNc1cc(OC)c(Br)cc1Br. The summed E-state index contributed by atoms with van der Waals surface area (Å²) < 4.78 is 7.30. The van der Waals surface area contributed by atoms with Crippen molar-refractivity contribution < 1.29 is 4.74 Å². The lowest BCUT2D eigenvalue weighted by Crippen LogP contribution is -2.02. The fourth-order valence-corrected chi connectivity index (χ4v) is 2.89. The summed E-state index contributed by atoms with van der Waals surface area (Å²) in [6, 6.07) is 4.02. The average Bonchev–Trinajstić information content (AvgIpc) is 2.31. The van der Waals surface area contributed by atoms with Crippen LogP contribution in [0.2, 0.25) is 0 Å². The molecule has 0 bridgehead atoms. The Bertz CT molecular complexity index is 356. The highest BCUT2D eigenvalue weighted by atomic mass is 79.9. The van der Waals surface area contributed by atoms with Gasteiger partial charge in [-0.15, -0.1) is 0 Å². The molecule has 2 nitrogen and oxygen atoms in total. The van der Waals surface area contributed by atoms with Gasteiger partial charge in [-0.05, 0) is 44.3 Å². The van der Waals surface area contributed by atoms with Crippen molar-refractivity contribution in [2.45, 2.75) is 32.6 Å². The van der Waals surface area contributed by atoms with Crippen LogP contribution in [0.25, 0.3) is 0 Å². The molecule has 1 N–H and O–H groups in total. The number of benzene rings is 1. The van der Waals surface area contributed by atoms with Gasteiger partial charge in [-0.25, -0.2) is 0 Å². The third-order valence-electron chi connectivity index (χ3n) is 2.59. The van der Waals surface area contributed by atoms with E-state index >= 15 is 0 Å². The number of hydrogen-bond acceptors (Lipinski definition) is 2. The number of anilines is 1. The molecule has 0 saturated heterocycles. The molecular formula is C13H19Br2NO. The topological polar surface area (TPSA) is 21.3 Å². The minimum atomic E-state index is 0.851. The minimum Gasteiger partial charge on any atom is -0.495 e. The van der Waals surface area contributed by atoms with Gasteiger partial charge in [0, 0.05) is 17.1 Å². The molecule has 0 spiro atoms. The summed E-state index contributed by atoms with van der Waals surface area (Å²) in [5, 5.41) is 3.43. The highest BCUT2D eigenvalue weighted by Crippen LogP contribution is 2.34. The molecule has 0 aliphatic carbocycles. The fraction of sp³-hybridized carbons (Fsp3) is 0.538. The van der Waals surface area contributed by atoms with E-state index in [1.165, 1.54) is 25.7 Å². The van der Waals surface area contributed by atoms with Gasteiger partial charge in [-0.3, -0.25) is 0 Å². The van der Waals surface area contributed by atoms with Crippen molar-refractivity contribution in [2.75, 3.05) is 19.0 Å². The van der Waals surface area contributed by atoms with Crippen molar-refractivity contribution in [3.63, 3.8) is 0 Å². The average molecular weight is 365 g/mol. The maximum absolute atomic E-state index is 5.28. The van der Waals surface area contributed by atoms with Gasteiger partial charge >= 0.3 is 0 Å². The van der Waals surface area contributed by atoms with Crippen LogP contribution in [0.3, 0.4) is 0 Å². The minimum absolute atomic E-state index is 0.851. The molecule has 0 aliphatic rings. The van der Waals surface area contributed by atoms with Crippen molar-refractivity contribution in [1.29, 1.82) is 0 Å². The standard InChI is InChI=1S/C13H19Br2NO/c1-3-4-5-6-7-16-12-9-13(17-2)11(15)8-10(12)14/h8-9,16H,3-7H2,1-2H3. The molecule has 1 aromatic carbocycles. The summed E-state index contributed by atoms with van der Waals surface area (Å²) in [7, 11) is 1.68. The lowest BCUT2D eigenvalue weighted by molar-refractivity contribution is 0.412. The Morgan fingerprint density at radius 1 is 1.12 bits per heavy atom. The van der Waals surface area contributed by atoms with Gasteiger partial charge in [0.15, 0.2) is 0 Å². The van der Waals surface area contributed by atoms with E-state index in [1.807, 2.05) is 12.1 Å². The molecule has 0 amide bonds. The van der Waals surface area contributed by atoms with Gasteiger partial charge in [-0.1, -0.05) is 26.2 Å². The number of halogens is 2. The quantitative estimate of drug-likeness (QED) is 0.670. The molecule has 0 heterocycles. The monoisotopic (exact) mass is 363 g/mol. The van der Waals surface area contributed by atoms with Gasteiger partial charge in [-0.2, -0.15) is 0 Å². The Morgan fingerprint density at radius 2 is 1.88 bits per heavy atom. The lowest BCUT2D eigenvalue weighted by Gasteiger charge is -2.11. The van der Waals surface area contributed by atoms with E-state index in [0.717, 1.165) is 26.9 Å². The molecule has 0 aliphatic heterocycles. The first-order valence-corrected chi connectivity index (χ1v) is 7.54. The number of ether oxygens (including phenoxy) is 1. The Morgan fingerprint density at radius 3 is 2.53 bits per heavy atom. The third kappa shape index (κ3) is 4.88. The van der Waals surface area contributed by atoms with Crippen molar-refractivity contribution >= 4 is 37.5 Å². The van der Waals surface area contributed by atoms with E-state index in [4.69, 9.17) is 4.74 Å². The number of methoxy groups -OCH3 is 1. The van der Waals surface area contributed by atoms with Crippen LogP contribution >= 0.6 is 31.9 Å². The van der Waals surface area contributed by atoms with E-state index in [-0.39, 0.29) is 0 Å². The third-order valence-corrected chi connectivity index (χ3v) is 3.86. The van der Waals surface area contributed by atoms with Crippen LogP contribution in [0.4, 0.5) is 5.69 Å². The fourth-order valence-electron chi connectivity index (χ4n) is 1.60. The summed E-state index contributed by atoms with van der Waals surface area (Å²) in [5.74, 6) is 0.851. The van der Waals surface area contributed by atoms with E-state index in [0.29, 0.717) is 0 Å². The van der Waals surface area contributed by atoms with Crippen LogP contribution in [0.15, 0.2) is 21.1 Å². The zero-order chi connectivity index (χ0) is 12.7. The molecule has 96 valence electrons. The van der Waals surface area contributed by atoms with Gasteiger partial charge in [0.05, 0.1) is 17.3 Å². The highest BCUT2D eigenvalue weighted by molar-refractivity contribution is 9.11. The van der Waals surface area contributed by atoms with Crippen LogP contribution in [-0.2, 0) is 0 Å². The largest absolute Gasteiger partial charge is 0.495 e. The van der Waals surface area contributed by atoms with Crippen LogP contribution in [0.5, 0.6) is 5.75 Å². The van der Waals surface area contributed by atoms with Gasteiger partial charge in [0.2, 0.25) is 0 Å². The summed E-state index contributed by atoms with van der Waals surface area (Å²) in [5.41, 5.74) is 1.08. The maximum Gasteiger partial charge on any atom is 0.135 e. The van der Waals surface area contributed by atoms with Gasteiger partial charge in [0.25, 0.3) is 0 Å². The first kappa shape index (κ1) is 14.8. The van der Waals surface area contributed by atoms with E-state index in [9.17, 15) is 0 Å². The van der Waals surface area contributed by atoms with Crippen LogP contribution in [0.1, 0.15) is 32.6 Å².